The SMILES string of the molecule is CCCCCCCCCCCCC/C=C/[C@@H](OCc1ccccc1)[C@H](O)CC[C@@H]1O[C@H](COCc2ccccc2)[C@H](OCc2ccccc2)[C@H](OCc2ccccc2)[C@H]1OCc1ccccc1. The molecule has 0 saturated carbocycles. The van der Waals surface area contributed by atoms with Gasteiger partial charge in [0.05, 0.1) is 51.8 Å². The Hall–Kier alpha value is -4.44. The number of hydrogen-bond donors (Lipinski definition) is 1. The average Bonchev–Trinajstić information content (AvgIpc) is 3.38. The molecular weight excluding hydrogens is 833 g/mol. The van der Waals surface area contributed by atoms with Crippen LogP contribution in [0, 0.1) is 0 Å². The largest absolute Gasteiger partial charge is 0.390 e. The molecule has 0 bridgehead atoms. The molecule has 0 aliphatic carbocycles. The first-order valence-electron chi connectivity index (χ1n) is 25.4. The normalized spacial score (nSPS) is 19.4. The van der Waals surface area contributed by atoms with E-state index in [1.165, 1.54) is 64.2 Å². The van der Waals surface area contributed by atoms with E-state index in [4.69, 9.17) is 28.4 Å². The van der Waals surface area contributed by atoms with Gasteiger partial charge in [0.25, 0.3) is 0 Å². The lowest BCUT2D eigenvalue weighted by Gasteiger charge is -2.46. The number of unbranched alkanes of at least 4 members (excludes halogenated alkanes) is 11. The topological polar surface area (TPSA) is 75.6 Å². The number of aliphatic hydroxyl groups excluding tert-OH is 1. The van der Waals surface area contributed by atoms with Crippen LogP contribution in [0.25, 0.3) is 0 Å². The highest BCUT2D eigenvalue weighted by atomic mass is 16.6. The van der Waals surface area contributed by atoms with Gasteiger partial charge in [0.1, 0.15) is 30.5 Å². The molecule has 7 atom stereocenters. The molecule has 1 heterocycles. The van der Waals surface area contributed by atoms with Crippen LogP contribution < -0.4 is 0 Å². The maximum absolute atomic E-state index is 12.1. The second-order valence-electron chi connectivity index (χ2n) is 18.2. The molecule has 67 heavy (non-hydrogen) atoms. The Balaban J connectivity index is 1.18. The van der Waals surface area contributed by atoms with Gasteiger partial charge in [-0.05, 0) is 53.5 Å². The first-order chi connectivity index (χ1) is 33.2. The van der Waals surface area contributed by atoms with Crippen molar-refractivity contribution < 1.29 is 33.5 Å². The highest BCUT2D eigenvalue weighted by Gasteiger charge is 2.48. The summed E-state index contributed by atoms with van der Waals surface area (Å²) < 4.78 is 40.9. The molecule has 1 N–H and O–H groups in total. The average molecular weight is 911 g/mol. The number of hydrogen-bond acceptors (Lipinski definition) is 7. The summed E-state index contributed by atoms with van der Waals surface area (Å²) in [6.45, 7) is 4.51. The van der Waals surface area contributed by atoms with Crippen LogP contribution in [-0.2, 0) is 61.5 Å². The van der Waals surface area contributed by atoms with Crippen molar-refractivity contribution in [2.75, 3.05) is 6.61 Å². The summed E-state index contributed by atoms with van der Waals surface area (Å²) in [4.78, 5) is 0. The smallest absolute Gasteiger partial charge is 0.115 e. The molecule has 0 radical (unpaired) electrons. The first-order valence-corrected chi connectivity index (χ1v) is 25.4. The number of benzene rings is 5. The maximum atomic E-state index is 12.1. The van der Waals surface area contributed by atoms with Gasteiger partial charge in [0.2, 0.25) is 0 Å². The number of aliphatic hydroxyl groups is 1. The second-order valence-corrected chi connectivity index (χ2v) is 18.2. The predicted molar refractivity (Wildman–Crippen MR) is 270 cm³/mol. The fourth-order valence-electron chi connectivity index (χ4n) is 8.83. The van der Waals surface area contributed by atoms with Crippen LogP contribution in [0.4, 0.5) is 0 Å². The van der Waals surface area contributed by atoms with Gasteiger partial charge in [-0.2, -0.15) is 0 Å². The Morgan fingerprint density at radius 1 is 0.478 bits per heavy atom. The zero-order valence-electron chi connectivity index (χ0n) is 40.2. The molecule has 6 rings (SSSR count). The lowest BCUT2D eigenvalue weighted by Crippen LogP contribution is -2.61. The van der Waals surface area contributed by atoms with Crippen molar-refractivity contribution in [3.05, 3.63) is 192 Å². The highest BCUT2D eigenvalue weighted by Crippen LogP contribution is 2.34. The van der Waals surface area contributed by atoms with Crippen molar-refractivity contribution in [1.29, 1.82) is 0 Å². The fourth-order valence-corrected chi connectivity index (χ4v) is 8.83. The number of ether oxygens (including phenoxy) is 6. The van der Waals surface area contributed by atoms with Gasteiger partial charge in [0, 0.05) is 0 Å². The van der Waals surface area contributed by atoms with Crippen molar-refractivity contribution in [3.8, 4) is 0 Å². The summed E-state index contributed by atoms with van der Waals surface area (Å²) in [7, 11) is 0. The predicted octanol–water partition coefficient (Wildman–Crippen LogP) is 13.7. The van der Waals surface area contributed by atoms with Crippen molar-refractivity contribution in [2.45, 2.75) is 173 Å². The molecule has 1 saturated heterocycles. The molecule has 0 amide bonds. The number of allylic oxidation sites excluding steroid dienone is 1. The molecular formula is C60H78O7. The van der Waals surface area contributed by atoms with E-state index in [1.54, 1.807) is 0 Å². The molecule has 360 valence electrons. The van der Waals surface area contributed by atoms with Crippen LogP contribution in [0.3, 0.4) is 0 Å². The van der Waals surface area contributed by atoms with E-state index < -0.39 is 42.7 Å². The summed E-state index contributed by atoms with van der Waals surface area (Å²) in [5, 5.41) is 12.1. The maximum Gasteiger partial charge on any atom is 0.115 e. The third kappa shape index (κ3) is 19.6. The van der Waals surface area contributed by atoms with Gasteiger partial charge in [-0.15, -0.1) is 0 Å². The molecule has 0 aromatic heterocycles. The minimum atomic E-state index is -0.779. The minimum Gasteiger partial charge on any atom is -0.390 e. The van der Waals surface area contributed by atoms with E-state index in [0.717, 1.165) is 40.7 Å². The van der Waals surface area contributed by atoms with Gasteiger partial charge in [-0.25, -0.2) is 0 Å². The summed E-state index contributed by atoms with van der Waals surface area (Å²) in [6.07, 6.45) is 16.9. The summed E-state index contributed by atoms with van der Waals surface area (Å²) >= 11 is 0. The standard InChI is InChI=1S/C60H78O7/c1-2-3-4-5-6-7-8-9-10-11-12-13-29-40-55(63-44-50-32-21-15-22-33-50)54(61)41-42-56-58(64-45-51-34-23-16-24-35-51)60(66-47-53-38-27-18-28-39-53)59(65-46-52-36-25-17-26-37-52)57(67-56)48-62-43-49-30-19-14-20-31-49/h14-40,54-61H,2-13,41-48H2,1H3/b40-29+/t54-,55-,56+,57-,58+,59+,60-/m1/s1. The monoisotopic (exact) mass is 911 g/mol. The van der Waals surface area contributed by atoms with E-state index in [0.29, 0.717) is 45.9 Å². The molecule has 5 aromatic carbocycles. The summed E-state index contributed by atoms with van der Waals surface area (Å²) in [6, 6.07) is 51.0. The fraction of sp³-hybridized carbons (Fsp3) is 0.467. The third-order valence-electron chi connectivity index (χ3n) is 12.7. The van der Waals surface area contributed by atoms with E-state index in [-0.39, 0.29) is 6.61 Å². The van der Waals surface area contributed by atoms with Gasteiger partial charge in [-0.3, -0.25) is 0 Å². The number of rotatable bonds is 33. The Bertz CT molecular complexity index is 1980. The summed E-state index contributed by atoms with van der Waals surface area (Å²) in [5.41, 5.74) is 5.31. The van der Waals surface area contributed by atoms with E-state index in [9.17, 15) is 5.11 Å². The van der Waals surface area contributed by atoms with Crippen molar-refractivity contribution in [1.82, 2.24) is 0 Å². The molecule has 1 aliphatic rings. The summed E-state index contributed by atoms with van der Waals surface area (Å²) in [5.74, 6) is 0. The van der Waals surface area contributed by atoms with Crippen molar-refractivity contribution in [2.24, 2.45) is 0 Å². The first kappa shape index (κ1) is 51.9. The molecule has 7 heteroatoms. The van der Waals surface area contributed by atoms with Crippen LogP contribution >= 0.6 is 0 Å². The molecule has 7 nitrogen and oxygen atoms in total. The lowest BCUT2D eigenvalue weighted by atomic mass is 9.90. The third-order valence-corrected chi connectivity index (χ3v) is 12.7. The molecule has 5 aromatic rings. The Kier molecular flexibility index (Phi) is 24.5. The van der Waals surface area contributed by atoms with Gasteiger partial charge in [-0.1, -0.05) is 235 Å². The zero-order chi connectivity index (χ0) is 46.4. The molecule has 0 unspecified atom stereocenters. The Morgan fingerprint density at radius 3 is 1.36 bits per heavy atom. The molecule has 0 spiro atoms. The van der Waals surface area contributed by atoms with Crippen LogP contribution in [0.5, 0.6) is 0 Å². The Morgan fingerprint density at radius 2 is 0.881 bits per heavy atom. The van der Waals surface area contributed by atoms with E-state index in [2.05, 4.69) is 79.7 Å². The van der Waals surface area contributed by atoms with E-state index >= 15 is 0 Å². The van der Waals surface area contributed by atoms with Gasteiger partial charge in [0.15, 0.2) is 0 Å². The molecule has 1 fully saturated rings. The molecule has 1 aliphatic heterocycles. The minimum absolute atomic E-state index is 0.286. The second kappa shape index (κ2) is 31.6. The highest BCUT2D eigenvalue weighted by molar-refractivity contribution is 5.17. The van der Waals surface area contributed by atoms with Crippen molar-refractivity contribution >= 4 is 0 Å². The van der Waals surface area contributed by atoms with Gasteiger partial charge < -0.3 is 33.5 Å². The quantitative estimate of drug-likeness (QED) is 0.0332. The van der Waals surface area contributed by atoms with Crippen molar-refractivity contribution in [3.63, 3.8) is 0 Å². The Labute approximate surface area is 402 Å². The van der Waals surface area contributed by atoms with Crippen LogP contribution in [0.1, 0.15) is 125 Å². The van der Waals surface area contributed by atoms with Crippen LogP contribution in [-0.4, -0.2) is 54.4 Å². The van der Waals surface area contributed by atoms with Crippen LogP contribution in [0.2, 0.25) is 0 Å². The zero-order valence-corrected chi connectivity index (χ0v) is 40.2. The van der Waals surface area contributed by atoms with E-state index in [1.807, 2.05) is 91.0 Å². The lowest BCUT2D eigenvalue weighted by molar-refractivity contribution is -0.274. The van der Waals surface area contributed by atoms with Crippen LogP contribution in [0.15, 0.2) is 164 Å². The van der Waals surface area contributed by atoms with Gasteiger partial charge >= 0.3 is 0 Å².